The van der Waals surface area contributed by atoms with Gasteiger partial charge in [-0.05, 0) is 12.2 Å². The minimum absolute atomic E-state index is 0.585. The first-order chi connectivity index (χ1) is 4.81. The van der Waals surface area contributed by atoms with Crippen molar-refractivity contribution in [2.45, 2.75) is 0 Å². The Bertz CT molecular complexity index is 147. The van der Waals surface area contributed by atoms with E-state index < -0.39 is 0 Å². The average molecular weight is 159 g/mol. The van der Waals surface area contributed by atoms with Crippen molar-refractivity contribution in [3.05, 3.63) is 35.9 Å². The molecule has 10 heavy (non-hydrogen) atoms. The fourth-order valence-electron chi connectivity index (χ4n) is 0.425. The van der Waals surface area contributed by atoms with E-state index in [1.807, 2.05) is 6.08 Å². The Morgan fingerprint density at radius 1 is 1.70 bits per heavy atom. The third-order valence-electron chi connectivity index (χ3n) is 0.817. The molecule has 0 aliphatic heterocycles. The van der Waals surface area contributed by atoms with Crippen molar-refractivity contribution in [3.8, 4) is 0 Å². The molecule has 2 heteroatoms. The van der Waals surface area contributed by atoms with Crippen molar-refractivity contribution >= 4 is 11.6 Å². The molecule has 0 aliphatic rings. The predicted octanol–water partition coefficient (Wildman–Crippen LogP) is 2.50. The zero-order valence-corrected chi connectivity index (χ0v) is 6.77. The SMILES string of the molecule is C=C/C=C(Cl)\C=C/COC. The van der Waals surface area contributed by atoms with Crippen LogP contribution in [0.25, 0.3) is 0 Å². The van der Waals surface area contributed by atoms with Crippen LogP contribution in [0, 0.1) is 0 Å². The molecular weight excluding hydrogens is 148 g/mol. The van der Waals surface area contributed by atoms with Gasteiger partial charge < -0.3 is 4.74 Å². The molecule has 0 bridgehead atoms. The molecule has 0 aromatic carbocycles. The van der Waals surface area contributed by atoms with Crippen LogP contribution >= 0.6 is 11.6 Å². The van der Waals surface area contributed by atoms with E-state index >= 15 is 0 Å². The van der Waals surface area contributed by atoms with Gasteiger partial charge in [0.2, 0.25) is 0 Å². The number of ether oxygens (including phenoxy) is 1. The van der Waals surface area contributed by atoms with Crippen molar-refractivity contribution < 1.29 is 4.74 Å². The van der Waals surface area contributed by atoms with Crippen LogP contribution < -0.4 is 0 Å². The zero-order valence-electron chi connectivity index (χ0n) is 6.01. The van der Waals surface area contributed by atoms with Crippen molar-refractivity contribution in [1.29, 1.82) is 0 Å². The van der Waals surface area contributed by atoms with Crippen molar-refractivity contribution in [3.63, 3.8) is 0 Å². The summed E-state index contributed by atoms with van der Waals surface area (Å²) >= 11 is 5.66. The summed E-state index contributed by atoms with van der Waals surface area (Å²) in [7, 11) is 1.63. The fourth-order valence-corrected chi connectivity index (χ4v) is 0.603. The molecule has 0 aromatic heterocycles. The third-order valence-corrected chi connectivity index (χ3v) is 1.07. The Morgan fingerprint density at radius 3 is 2.90 bits per heavy atom. The largest absolute Gasteiger partial charge is 0.381 e. The van der Waals surface area contributed by atoms with E-state index in [9.17, 15) is 0 Å². The molecule has 0 N–H and O–H groups in total. The van der Waals surface area contributed by atoms with Gasteiger partial charge >= 0.3 is 0 Å². The van der Waals surface area contributed by atoms with Gasteiger partial charge in [-0.2, -0.15) is 0 Å². The van der Waals surface area contributed by atoms with Crippen LogP contribution in [0.5, 0.6) is 0 Å². The van der Waals surface area contributed by atoms with Crippen LogP contribution in [0.1, 0.15) is 0 Å². The monoisotopic (exact) mass is 158 g/mol. The highest BCUT2D eigenvalue weighted by Gasteiger charge is 1.78. The first kappa shape index (κ1) is 9.47. The summed E-state index contributed by atoms with van der Waals surface area (Å²) in [6, 6.07) is 0. The maximum Gasteiger partial charge on any atom is 0.0647 e. The lowest BCUT2D eigenvalue weighted by molar-refractivity contribution is 0.234. The second-order valence-corrected chi connectivity index (χ2v) is 2.08. The molecule has 0 saturated heterocycles. The Balaban J connectivity index is 3.65. The lowest BCUT2D eigenvalue weighted by Gasteiger charge is -1.87. The quantitative estimate of drug-likeness (QED) is 0.572. The molecule has 0 unspecified atom stereocenters. The van der Waals surface area contributed by atoms with Gasteiger partial charge in [0.05, 0.1) is 6.61 Å². The summed E-state index contributed by atoms with van der Waals surface area (Å²) in [5.41, 5.74) is 0. The van der Waals surface area contributed by atoms with Gasteiger partial charge in [0.15, 0.2) is 0 Å². The number of hydrogen-bond donors (Lipinski definition) is 0. The molecular formula is C8H11ClO. The Hall–Kier alpha value is -0.530. The van der Waals surface area contributed by atoms with E-state index in [0.717, 1.165) is 0 Å². The van der Waals surface area contributed by atoms with Gasteiger partial charge in [-0.25, -0.2) is 0 Å². The highest BCUT2D eigenvalue weighted by Crippen LogP contribution is 2.01. The molecule has 1 nitrogen and oxygen atoms in total. The minimum Gasteiger partial charge on any atom is -0.381 e. The summed E-state index contributed by atoms with van der Waals surface area (Å²) in [6.45, 7) is 4.09. The molecule has 0 fully saturated rings. The van der Waals surface area contributed by atoms with E-state index in [0.29, 0.717) is 11.6 Å². The van der Waals surface area contributed by atoms with E-state index in [-0.39, 0.29) is 0 Å². The molecule has 0 atom stereocenters. The topological polar surface area (TPSA) is 9.23 Å². The number of allylic oxidation sites excluding steroid dienone is 4. The summed E-state index contributed by atoms with van der Waals surface area (Å²) in [6.07, 6.45) is 6.96. The summed E-state index contributed by atoms with van der Waals surface area (Å²) in [4.78, 5) is 0. The van der Waals surface area contributed by atoms with Crippen LogP contribution in [-0.2, 0) is 4.74 Å². The lowest BCUT2D eigenvalue weighted by atomic mass is 10.4. The van der Waals surface area contributed by atoms with E-state index in [4.69, 9.17) is 16.3 Å². The fraction of sp³-hybridized carbons (Fsp3) is 0.250. The number of rotatable bonds is 4. The summed E-state index contributed by atoms with van der Waals surface area (Å²) in [5, 5.41) is 0.659. The van der Waals surface area contributed by atoms with E-state index in [1.54, 1.807) is 25.3 Å². The Kier molecular flexibility index (Phi) is 6.24. The molecule has 0 rings (SSSR count). The minimum atomic E-state index is 0.585. The number of halogens is 1. The second kappa shape index (κ2) is 6.59. The third kappa shape index (κ3) is 5.60. The lowest BCUT2D eigenvalue weighted by Crippen LogP contribution is -1.79. The van der Waals surface area contributed by atoms with E-state index in [2.05, 4.69) is 6.58 Å². The molecule has 0 spiro atoms. The highest BCUT2D eigenvalue weighted by molar-refractivity contribution is 6.31. The van der Waals surface area contributed by atoms with Crippen LogP contribution in [0.4, 0.5) is 0 Å². The van der Waals surface area contributed by atoms with Gasteiger partial charge in [0.25, 0.3) is 0 Å². The second-order valence-electron chi connectivity index (χ2n) is 1.64. The zero-order chi connectivity index (χ0) is 7.82. The van der Waals surface area contributed by atoms with Crippen molar-refractivity contribution in [2.75, 3.05) is 13.7 Å². The first-order valence-electron chi connectivity index (χ1n) is 2.95. The van der Waals surface area contributed by atoms with Crippen LogP contribution in [0.3, 0.4) is 0 Å². The molecule has 0 aromatic rings. The van der Waals surface area contributed by atoms with Gasteiger partial charge in [0.1, 0.15) is 0 Å². The van der Waals surface area contributed by atoms with Gasteiger partial charge in [-0.15, -0.1) is 0 Å². The first-order valence-corrected chi connectivity index (χ1v) is 3.32. The Labute approximate surface area is 66.6 Å². The highest BCUT2D eigenvalue weighted by atomic mass is 35.5. The van der Waals surface area contributed by atoms with Gasteiger partial charge in [0, 0.05) is 12.1 Å². The molecule has 0 radical (unpaired) electrons. The van der Waals surface area contributed by atoms with Crippen molar-refractivity contribution in [2.24, 2.45) is 0 Å². The van der Waals surface area contributed by atoms with Crippen LogP contribution in [0.2, 0.25) is 0 Å². The Morgan fingerprint density at radius 2 is 2.40 bits per heavy atom. The van der Waals surface area contributed by atoms with Crippen molar-refractivity contribution in [1.82, 2.24) is 0 Å². The number of hydrogen-bond acceptors (Lipinski definition) is 1. The van der Waals surface area contributed by atoms with Gasteiger partial charge in [-0.3, -0.25) is 0 Å². The predicted molar refractivity (Wildman–Crippen MR) is 45.1 cm³/mol. The van der Waals surface area contributed by atoms with Gasteiger partial charge in [-0.1, -0.05) is 30.3 Å². The molecule has 0 saturated carbocycles. The normalized spacial score (nSPS) is 12.4. The van der Waals surface area contributed by atoms with Crippen LogP contribution in [0.15, 0.2) is 35.9 Å². The average Bonchev–Trinajstić information content (AvgIpc) is 1.89. The van der Waals surface area contributed by atoms with Crippen LogP contribution in [-0.4, -0.2) is 13.7 Å². The molecule has 0 amide bonds. The molecule has 0 aliphatic carbocycles. The maximum absolute atomic E-state index is 5.66. The molecule has 56 valence electrons. The maximum atomic E-state index is 5.66. The molecule has 0 heterocycles. The van der Waals surface area contributed by atoms with E-state index in [1.165, 1.54) is 0 Å². The summed E-state index contributed by atoms with van der Waals surface area (Å²) < 4.78 is 4.77. The summed E-state index contributed by atoms with van der Waals surface area (Å²) in [5.74, 6) is 0. The standard InChI is InChI=1S/C8H11ClO/c1-3-5-8(9)6-4-7-10-2/h3-6H,1,7H2,2H3/b6-4-,8-5+. The number of methoxy groups -OCH3 is 1. The smallest absolute Gasteiger partial charge is 0.0647 e.